The van der Waals surface area contributed by atoms with E-state index in [0.717, 1.165) is 12.8 Å². The largest absolute Gasteiger partial charge is 0.300 e. The van der Waals surface area contributed by atoms with E-state index in [1.807, 2.05) is 6.07 Å². The van der Waals surface area contributed by atoms with E-state index in [1.165, 1.54) is 12.0 Å². The molecule has 1 unspecified atom stereocenters. The average Bonchev–Trinajstić information content (AvgIpc) is 2.81. The first-order valence-corrected chi connectivity index (χ1v) is 4.87. The van der Waals surface area contributed by atoms with Gasteiger partial charge in [-0.05, 0) is 23.3 Å². The summed E-state index contributed by atoms with van der Waals surface area (Å²) in [6.07, 6.45) is 2.92. The average molecular weight is 172 g/mol. The molecule has 0 aromatic heterocycles. The zero-order chi connectivity index (χ0) is 8.89. The number of hydrogen-bond donors (Lipinski definition) is 0. The first-order valence-electron chi connectivity index (χ1n) is 4.87. The van der Waals surface area contributed by atoms with Crippen molar-refractivity contribution in [2.45, 2.75) is 25.2 Å². The summed E-state index contributed by atoms with van der Waals surface area (Å²) in [7, 11) is 0. The van der Waals surface area contributed by atoms with Crippen molar-refractivity contribution in [1.82, 2.24) is 0 Å². The highest BCUT2D eigenvalue weighted by Gasteiger charge is 2.61. The van der Waals surface area contributed by atoms with Gasteiger partial charge in [0.05, 0.1) is 0 Å². The summed E-state index contributed by atoms with van der Waals surface area (Å²) in [5.74, 6) is 1.14. The fourth-order valence-corrected chi connectivity index (χ4v) is 2.63. The van der Waals surface area contributed by atoms with Crippen LogP contribution in [0.5, 0.6) is 0 Å². The van der Waals surface area contributed by atoms with Crippen LogP contribution in [-0.4, -0.2) is 5.78 Å². The third-order valence-electron chi connectivity index (χ3n) is 3.49. The van der Waals surface area contributed by atoms with Crippen molar-refractivity contribution >= 4 is 5.78 Å². The molecule has 1 spiro atoms. The molecular formula is C12H12O. The lowest BCUT2D eigenvalue weighted by molar-refractivity contribution is -0.128. The Morgan fingerprint density at radius 1 is 1.15 bits per heavy atom. The maximum Gasteiger partial charge on any atom is 0.134 e. The van der Waals surface area contributed by atoms with Crippen molar-refractivity contribution in [3.05, 3.63) is 35.9 Å². The summed E-state index contributed by atoms with van der Waals surface area (Å²) in [5.41, 5.74) is 1.84. The minimum Gasteiger partial charge on any atom is -0.300 e. The van der Waals surface area contributed by atoms with E-state index in [9.17, 15) is 4.79 Å². The van der Waals surface area contributed by atoms with Gasteiger partial charge in [-0.3, -0.25) is 4.79 Å². The molecule has 1 aromatic carbocycles. The molecule has 66 valence electrons. The molecule has 0 amide bonds. The maximum atomic E-state index is 10.9. The highest BCUT2D eigenvalue weighted by atomic mass is 16.1. The second-order valence-electron chi connectivity index (χ2n) is 4.42. The van der Waals surface area contributed by atoms with Crippen LogP contribution in [0, 0.1) is 5.41 Å². The third kappa shape index (κ3) is 0.963. The fourth-order valence-electron chi connectivity index (χ4n) is 2.63. The number of hydrogen-bond acceptors (Lipinski definition) is 1. The van der Waals surface area contributed by atoms with Gasteiger partial charge in [-0.2, -0.15) is 0 Å². The van der Waals surface area contributed by atoms with E-state index in [2.05, 4.69) is 24.3 Å². The fraction of sp³-hybridized carbons (Fsp3) is 0.417. The number of rotatable bonds is 1. The molecule has 2 aliphatic carbocycles. The Hall–Kier alpha value is -1.11. The van der Waals surface area contributed by atoms with Gasteiger partial charge in [0, 0.05) is 12.8 Å². The summed E-state index contributed by atoms with van der Waals surface area (Å²) >= 11 is 0. The van der Waals surface area contributed by atoms with Gasteiger partial charge in [0.1, 0.15) is 5.78 Å². The van der Waals surface area contributed by atoms with Gasteiger partial charge in [-0.25, -0.2) is 0 Å². The van der Waals surface area contributed by atoms with E-state index in [-0.39, 0.29) is 0 Å². The quantitative estimate of drug-likeness (QED) is 0.636. The van der Waals surface area contributed by atoms with Gasteiger partial charge < -0.3 is 0 Å². The Morgan fingerprint density at radius 3 is 2.46 bits per heavy atom. The lowest BCUT2D eigenvalue weighted by Crippen LogP contribution is -2.26. The number of carbonyl (C=O) groups is 1. The zero-order valence-electron chi connectivity index (χ0n) is 7.49. The second-order valence-corrected chi connectivity index (χ2v) is 4.42. The van der Waals surface area contributed by atoms with Crippen molar-refractivity contribution in [2.24, 2.45) is 5.41 Å². The highest BCUT2D eigenvalue weighted by Crippen LogP contribution is 2.68. The molecule has 0 radical (unpaired) electrons. The van der Waals surface area contributed by atoms with Crippen LogP contribution in [0.3, 0.4) is 0 Å². The van der Waals surface area contributed by atoms with Gasteiger partial charge in [0.2, 0.25) is 0 Å². The van der Waals surface area contributed by atoms with E-state index in [4.69, 9.17) is 0 Å². The number of benzene rings is 1. The van der Waals surface area contributed by atoms with Gasteiger partial charge in [-0.15, -0.1) is 0 Å². The van der Waals surface area contributed by atoms with Crippen LogP contribution in [0.2, 0.25) is 0 Å². The van der Waals surface area contributed by atoms with Crippen molar-refractivity contribution < 1.29 is 4.79 Å². The summed E-state index contributed by atoms with van der Waals surface area (Å²) in [4.78, 5) is 10.9. The Kier molecular flexibility index (Phi) is 1.25. The number of carbonyl (C=O) groups excluding carboxylic acids is 1. The normalized spacial score (nSPS) is 28.6. The van der Waals surface area contributed by atoms with Gasteiger partial charge in [0.15, 0.2) is 0 Å². The summed E-state index contributed by atoms with van der Waals surface area (Å²) in [5, 5.41) is 0. The summed E-state index contributed by atoms with van der Waals surface area (Å²) in [6, 6.07) is 10.6. The molecule has 3 rings (SSSR count). The first kappa shape index (κ1) is 7.31. The van der Waals surface area contributed by atoms with Crippen molar-refractivity contribution in [1.29, 1.82) is 0 Å². The van der Waals surface area contributed by atoms with Crippen LogP contribution >= 0.6 is 0 Å². The molecule has 1 heteroatoms. The Bertz CT molecular complexity index is 345. The van der Waals surface area contributed by atoms with E-state index >= 15 is 0 Å². The minimum absolute atomic E-state index is 0.415. The SMILES string of the molecule is O=C1CC2(C1)CC2c1ccccc1. The second kappa shape index (κ2) is 2.22. The molecule has 2 saturated carbocycles. The molecule has 1 nitrogen and oxygen atoms in total. The van der Waals surface area contributed by atoms with E-state index < -0.39 is 0 Å². The molecule has 0 saturated heterocycles. The van der Waals surface area contributed by atoms with Crippen molar-refractivity contribution in [2.75, 3.05) is 0 Å². The number of ketones is 1. The van der Waals surface area contributed by atoms with Crippen LogP contribution in [0.25, 0.3) is 0 Å². The smallest absolute Gasteiger partial charge is 0.134 e. The lowest BCUT2D eigenvalue weighted by atomic mass is 9.77. The predicted molar refractivity (Wildman–Crippen MR) is 50.5 cm³/mol. The molecule has 13 heavy (non-hydrogen) atoms. The summed E-state index contributed by atoms with van der Waals surface area (Å²) in [6.45, 7) is 0. The number of Topliss-reactive ketones (excluding diaryl/α,β-unsaturated/α-hetero) is 1. The van der Waals surface area contributed by atoms with Crippen molar-refractivity contribution in [3.8, 4) is 0 Å². The standard InChI is InChI=1S/C12H12O/c13-10-6-12(7-10)8-11(12)9-4-2-1-3-5-9/h1-5,11H,6-8H2. The molecular weight excluding hydrogens is 160 g/mol. The summed E-state index contributed by atoms with van der Waals surface area (Å²) < 4.78 is 0. The lowest BCUT2D eigenvalue weighted by Gasteiger charge is -2.25. The van der Waals surface area contributed by atoms with Crippen molar-refractivity contribution in [3.63, 3.8) is 0 Å². The van der Waals surface area contributed by atoms with E-state index in [0.29, 0.717) is 17.1 Å². The molecule has 2 fully saturated rings. The molecule has 0 heterocycles. The highest BCUT2D eigenvalue weighted by molar-refractivity contribution is 5.88. The van der Waals surface area contributed by atoms with Crippen LogP contribution in [0.1, 0.15) is 30.7 Å². The molecule has 0 N–H and O–H groups in total. The van der Waals surface area contributed by atoms with Gasteiger partial charge in [0.25, 0.3) is 0 Å². The monoisotopic (exact) mass is 172 g/mol. The Morgan fingerprint density at radius 2 is 1.85 bits per heavy atom. The topological polar surface area (TPSA) is 17.1 Å². The van der Waals surface area contributed by atoms with Crippen LogP contribution in [0.4, 0.5) is 0 Å². The molecule has 2 aliphatic rings. The van der Waals surface area contributed by atoms with Gasteiger partial charge in [-0.1, -0.05) is 30.3 Å². The maximum absolute atomic E-state index is 10.9. The molecule has 0 bridgehead atoms. The molecule has 0 aliphatic heterocycles. The van der Waals surface area contributed by atoms with Gasteiger partial charge >= 0.3 is 0 Å². The van der Waals surface area contributed by atoms with Crippen LogP contribution in [0.15, 0.2) is 30.3 Å². The third-order valence-corrected chi connectivity index (χ3v) is 3.49. The first-order chi connectivity index (χ1) is 6.30. The van der Waals surface area contributed by atoms with E-state index in [1.54, 1.807) is 0 Å². The minimum atomic E-state index is 0.415. The zero-order valence-corrected chi connectivity index (χ0v) is 7.49. The predicted octanol–water partition coefficient (Wildman–Crippen LogP) is 2.52. The Labute approximate surface area is 77.8 Å². The van der Waals surface area contributed by atoms with Crippen LogP contribution in [-0.2, 0) is 4.79 Å². The van der Waals surface area contributed by atoms with Crippen LogP contribution < -0.4 is 0 Å². The Balaban J connectivity index is 1.81. The molecule has 1 aromatic rings. The molecule has 1 atom stereocenters.